The summed E-state index contributed by atoms with van der Waals surface area (Å²) in [5, 5.41) is 2.73. The van der Waals surface area contributed by atoms with E-state index < -0.39 is 0 Å². The van der Waals surface area contributed by atoms with E-state index in [0.29, 0.717) is 13.0 Å². The van der Waals surface area contributed by atoms with E-state index in [1.165, 1.54) is 0 Å². The van der Waals surface area contributed by atoms with Crippen molar-refractivity contribution < 1.29 is 9.59 Å². The first-order valence-corrected chi connectivity index (χ1v) is 5.24. The van der Waals surface area contributed by atoms with E-state index in [9.17, 15) is 9.59 Å². The highest BCUT2D eigenvalue weighted by Crippen LogP contribution is 2.13. The monoisotopic (exact) mass is 198 g/mol. The Morgan fingerprint density at radius 2 is 2.29 bits per heavy atom. The molecule has 0 aromatic heterocycles. The molecule has 0 aromatic rings. The van der Waals surface area contributed by atoms with Crippen molar-refractivity contribution in [2.75, 3.05) is 13.1 Å². The van der Waals surface area contributed by atoms with Gasteiger partial charge in [-0.3, -0.25) is 9.59 Å². The van der Waals surface area contributed by atoms with Gasteiger partial charge in [0.15, 0.2) is 0 Å². The highest BCUT2D eigenvalue weighted by molar-refractivity contribution is 5.87. The van der Waals surface area contributed by atoms with Gasteiger partial charge in [0.1, 0.15) is 6.04 Å². The smallest absolute Gasteiger partial charge is 0.242 e. The second-order valence-corrected chi connectivity index (χ2v) is 3.61. The maximum Gasteiger partial charge on any atom is 0.242 e. The van der Waals surface area contributed by atoms with Gasteiger partial charge in [-0.05, 0) is 26.7 Å². The van der Waals surface area contributed by atoms with E-state index in [-0.39, 0.29) is 17.9 Å². The van der Waals surface area contributed by atoms with Crippen molar-refractivity contribution in [1.29, 1.82) is 0 Å². The molecule has 1 N–H and O–H groups in total. The normalized spacial score (nSPS) is 19.3. The molecule has 14 heavy (non-hydrogen) atoms. The standard InChI is InChI=1S/C10H18N2O2/c1-3-11-10(14)8(2)12-7-5-4-6-9(12)13/h8H,3-7H2,1-2H3,(H,11,14). The highest BCUT2D eigenvalue weighted by Gasteiger charge is 2.26. The van der Waals surface area contributed by atoms with E-state index in [2.05, 4.69) is 5.32 Å². The van der Waals surface area contributed by atoms with E-state index >= 15 is 0 Å². The largest absolute Gasteiger partial charge is 0.355 e. The summed E-state index contributed by atoms with van der Waals surface area (Å²) in [7, 11) is 0. The number of rotatable bonds is 3. The Hall–Kier alpha value is -1.06. The van der Waals surface area contributed by atoms with Gasteiger partial charge < -0.3 is 10.2 Å². The van der Waals surface area contributed by atoms with Crippen LogP contribution in [0.1, 0.15) is 33.1 Å². The van der Waals surface area contributed by atoms with Gasteiger partial charge in [-0.2, -0.15) is 0 Å². The van der Waals surface area contributed by atoms with Crippen molar-refractivity contribution in [3.63, 3.8) is 0 Å². The summed E-state index contributed by atoms with van der Waals surface area (Å²) in [4.78, 5) is 24.6. The van der Waals surface area contributed by atoms with E-state index in [4.69, 9.17) is 0 Å². The van der Waals surface area contributed by atoms with Crippen LogP contribution in [0.4, 0.5) is 0 Å². The Bertz CT molecular complexity index is 228. The summed E-state index contributed by atoms with van der Waals surface area (Å²) in [5.74, 6) is 0.0535. The van der Waals surface area contributed by atoms with Crippen molar-refractivity contribution >= 4 is 11.8 Å². The van der Waals surface area contributed by atoms with Gasteiger partial charge in [0, 0.05) is 19.5 Å². The maximum absolute atomic E-state index is 11.5. The van der Waals surface area contributed by atoms with Crippen LogP contribution in [0.25, 0.3) is 0 Å². The molecule has 4 heteroatoms. The summed E-state index contributed by atoms with van der Waals surface area (Å²) in [6.07, 6.45) is 2.55. The van der Waals surface area contributed by atoms with Gasteiger partial charge in [0.25, 0.3) is 0 Å². The number of nitrogens with one attached hydrogen (secondary N) is 1. The molecule has 0 saturated carbocycles. The minimum absolute atomic E-state index is 0.0530. The van der Waals surface area contributed by atoms with Gasteiger partial charge in [-0.25, -0.2) is 0 Å². The Kier molecular flexibility index (Phi) is 3.92. The quantitative estimate of drug-likeness (QED) is 0.719. The van der Waals surface area contributed by atoms with Crippen LogP contribution in [0.5, 0.6) is 0 Å². The number of carbonyl (C=O) groups is 2. The van der Waals surface area contributed by atoms with Crippen LogP contribution in [0.3, 0.4) is 0 Å². The Labute approximate surface area is 84.7 Å². The topological polar surface area (TPSA) is 49.4 Å². The molecular formula is C10H18N2O2. The third-order valence-corrected chi connectivity index (χ3v) is 2.56. The summed E-state index contributed by atoms with van der Waals surface area (Å²) < 4.78 is 0. The maximum atomic E-state index is 11.5. The van der Waals surface area contributed by atoms with Gasteiger partial charge >= 0.3 is 0 Å². The van der Waals surface area contributed by atoms with Gasteiger partial charge in [-0.1, -0.05) is 0 Å². The fourth-order valence-electron chi connectivity index (χ4n) is 1.70. The molecule has 0 spiro atoms. The number of likely N-dealkylation sites (tertiary alicyclic amines) is 1. The number of hydrogen-bond donors (Lipinski definition) is 1. The van der Waals surface area contributed by atoms with Crippen molar-refractivity contribution in [3.05, 3.63) is 0 Å². The molecule has 1 atom stereocenters. The van der Waals surface area contributed by atoms with Crippen molar-refractivity contribution in [2.24, 2.45) is 0 Å². The molecule has 1 aliphatic heterocycles. The lowest BCUT2D eigenvalue weighted by atomic mass is 10.1. The molecule has 4 nitrogen and oxygen atoms in total. The average molecular weight is 198 g/mol. The van der Waals surface area contributed by atoms with Crippen LogP contribution in [-0.4, -0.2) is 35.8 Å². The molecule has 0 radical (unpaired) electrons. The Balaban J connectivity index is 2.53. The third-order valence-electron chi connectivity index (χ3n) is 2.56. The molecule has 1 unspecified atom stereocenters. The SMILES string of the molecule is CCNC(=O)C(C)N1CCCCC1=O. The number of piperidine rings is 1. The molecular weight excluding hydrogens is 180 g/mol. The Morgan fingerprint density at radius 3 is 2.86 bits per heavy atom. The zero-order chi connectivity index (χ0) is 10.6. The number of carbonyl (C=O) groups excluding carboxylic acids is 2. The summed E-state index contributed by atoms with van der Waals surface area (Å²) in [5.41, 5.74) is 0. The molecule has 1 saturated heterocycles. The number of nitrogens with zero attached hydrogens (tertiary/aromatic N) is 1. The lowest BCUT2D eigenvalue weighted by molar-refractivity contribution is -0.141. The van der Waals surface area contributed by atoms with Crippen LogP contribution in [0.2, 0.25) is 0 Å². The average Bonchev–Trinajstić information content (AvgIpc) is 2.18. The molecule has 1 rings (SSSR count). The zero-order valence-corrected chi connectivity index (χ0v) is 8.88. The molecule has 2 amide bonds. The first-order valence-electron chi connectivity index (χ1n) is 5.24. The fourth-order valence-corrected chi connectivity index (χ4v) is 1.70. The van der Waals surface area contributed by atoms with Crippen LogP contribution in [-0.2, 0) is 9.59 Å². The van der Waals surface area contributed by atoms with Gasteiger partial charge in [0.2, 0.25) is 11.8 Å². The first-order chi connectivity index (χ1) is 6.66. The minimum atomic E-state index is -0.317. The number of likely N-dealkylation sites (N-methyl/N-ethyl adjacent to an activating group) is 1. The van der Waals surface area contributed by atoms with Crippen molar-refractivity contribution in [3.8, 4) is 0 Å². The van der Waals surface area contributed by atoms with Crippen molar-refractivity contribution in [1.82, 2.24) is 10.2 Å². The lowest BCUT2D eigenvalue weighted by Crippen LogP contribution is -2.49. The van der Waals surface area contributed by atoms with Crippen molar-refractivity contribution in [2.45, 2.75) is 39.2 Å². The number of hydrogen-bond acceptors (Lipinski definition) is 2. The Morgan fingerprint density at radius 1 is 1.57 bits per heavy atom. The van der Waals surface area contributed by atoms with Gasteiger partial charge in [-0.15, -0.1) is 0 Å². The second kappa shape index (κ2) is 4.98. The first kappa shape index (κ1) is 11.0. The molecule has 0 bridgehead atoms. The third kappa shape index (κ3) is 2.47. The second-order valence-electron chi connectivity index (χ2n) is 3.61. The fraction of sp³-hybridized carbons (Fsp3) is 0.800. The molecule has 80 valence electrons. The predicted octanol–water partition coefficient (Wildman–Crippen LogP) is 0.523. The van der Waals surface area contributed by atoms with E-state index in [0.717, 1.165) is 19.4 Å². The van der Waals surface area contributed by atoms with Crippen LogP contribution < -0.4 is 5.32 Å². The molecule has 0 aromatic carbocycles. The number of amides is 2. The molecule has 1 heterocycles. The van der Waals surface area contributed by atoms with E-state index in [1.54, 1.807) is 11.8 Å². The summed E-state index contributed by atoms with van der Waals surface area (Å²) in [6, 6.07) is -0.317. The lowest BCUT2D eigenvalue weighted by Gasteiger charge is -2.31. The molecule has 1 aliphatic rings. The minimum Gasteiger partial charge on any atom is -0.355 e. The predicted molar refractivity (Wildman–Crippen MR) is 53.7 cm³/mol. The van der Waals surface area contributed by atoms with Crippen LogP contribution >= 0.6 is 0 Å². The highest BCUT2D eigenvalue weighted by atomic mass is 16.2. The van der Waals surface area contributed by atoms with E-state index in [1.807, 2.05) is 6.92 Å². The summed E-state index contributed by atoms with van der Waals surface area (Å²) >= 11 is 0. The zero-order valence-electron chi connectivity index (χ0n) is 8.88. The summed E-state index contributed by atoms with van der Waals surface area (Å²) in [6.45, 7) is 5.00. The van der Waals surface area contributed by atoms with Crippen LogP contribution in [0.15, 0.2) is 0 Å². The van der Waals surface area contributed by atoms with Crippen LogP contribution in [0, 0.1) is 0 Å². The molecule has 1 fully saturated rings. The van der Waals surface area contributed by atoms with Gasteiger partial charge in [0.05, 0.1) is 0 Å². The molecule has 0 aliphatic carbocycles.